The molecule has 166 valence electrons. The van der Waals surface area contributed by atoms with Crippen LogP contribution in [0.1, 0.15) is 29.5 Å². The van der Waals surface area contributed by atoms with Gasteiger partial charge in [-0.2, -0.15) is 0 Å². The van der Waals surface area contributed by atoms with Crippen LogP contribution >= 0.6 is 11.8 Å². The van der Waals surface area contributed by atoms with E-state index < -0.39 is 0 Å². The Morgan fingerprint density at radius 1 is 0.647 bits per heavy atom. The van der Waals surface area contributed by atoms with Gasteiger partial charge in [0.05, 0.1) is 0 Å². The van der Waals surface area contributed by atoms with Gasteiger partial charge in [-0.15, -0.1) is 0 Å². The van der Waals surface area contributed by atoms with Gasteiger partial charge in [-0.05, 0) is 86.8 Å². The summed E-state index contributed by atoms with van der Waals surface area (Å²) in [5.41, 5.74) is 3.01. The Labute approximate surface area is 202 Å². The summed E-state index contributed by atoms with van der Waals surface area (Å²) in [6.45, 7) is 4.13. The molecule has 0 heterocycles. The summed E-state index contributed by atoms with van der Waals surface area (Å²) in [6.07, 6.45) is 0. The second-order valence-electron chi connectivity index (χ2n) is 9.01. The highest BCUT2D eigenvalue weighted by Gasteiger charge is 2.20. The number of hydrogen-bond donors (Lipinski definition) is 2. The molecule has 0 bridgehead atoms. The lowest BCUT2D eigenvalue weighted by atomic mass is 9.85. The minimum absolute atomic E-state index is 0.0173. The molecule has 1 atom stereocenters. The van der Waals surface area contributed by atoms with Gasteiger partial charge in [-0.25, -0.2) is 0 Å². The maximum Gasteiger partial charge on any atom is 0.122 e. The van der Waals surface area contributed by atoms with Gasteiger partial charge >= 0.3 is 0 Å². The van der Waals surface area contributed by atoms with Gasteiger partial charge in [0.1, 0.15) is 11.5 Å². The van der Waals surface area contributed by atoms with Crippen molar-refractivity contribution in [1.29, 1.82) is 0 Å². The first-order valence-electron chi connectivity index (χ1n) is 11.5. The van der Waals surface area contributed by atoms with Gasteiger partial charge in [0.15, 0.2) is 0 Å². The van der Waals surface area contributed by atoms with Crippen molar-refractivity contribution in [3.05, 3.63) is 108 Å². The number of aromatic hydroxyl groups is 2. The van der Waals surface area contributed by atoms with Gasteiger partial charge in [0.2, 0.25) is 0 Å². The highest BCUT2D eigenvalue weighted by molar-refractivity contribution is 7.99. The number of aryl methyl sites for hydroxylation is 1. The molecule has 0 aliphatic heterocycles. The SMILES string of the molecule is Cc1cc(Sc2ccc(O)cc2)cc(C(C)c2ccc3ccc4cccc5ccc2c3c45)c1O. The van der Waals surface area contributed by atoms with Crippen molar-refractivity contribution in [3.63, 3.8) is 0 Å². The lowest BCUT2D eigenvalue weighted by Crippen LogP contribution is -2.00. The van der Waals surface area contributed by atoms with Crippen LogP contribution in [-0.2, 0) is 0 Å². The zero-order chi connectivity index (χ0) is 23.4. The quantitative estimate of drug-likeness (QED) is 0.259. The molecular formula is C31H24O2S. The fraction of sp³-hybridized carbons (Fsp3) is 0.0968. The Morgan fingerprint density at radius 3 is 2.03 bits per heavy atom. The second-order valence-corrected chi connectivity index (χ2v) is 10.2. The van der Waals surface area contributed by atoms with E-state index in [4.69, 9.17) is 0 Å². The summed E-state index contributed by atoms with van der Waals surface area (Å²) >= 11 is 1.63. The molecule has 0 saturated carbocycles. The highest BCUT2D eigenvalue weighted by Crippen LogP contribution is 2.43. The molecule has 0 aromatic heterocycles. The van der Waals surface area contributed by atoms with E-state index in [2.05, 4.69) is 67.6 Å². The van der Waals surface area contributed by atoms with Gasteiger partial charge < -0.3 is 10.2 Å². The van der Waals surface area contributed by atoms with Crippen LogP contribution < -0.4 is 0 Å². The fourth-order valence-corrected chi connectivity index (χ4v) is 6.08. The van der Waals surface area contributed by atoms with Crippen LogP contribution in [0.25, 0.3) is 32.3 Å². The summed E-state index contributed by atoms with van der Waals surface area (Å²) in [4.78, 5) is 2.12. The summed E-state index contributed by atoms with van der Waals surface area (Å²) in [5, 5.41) is 28.2. The molecule has 6 aromatic carbocycles. The number of benzene rings is 6. The zero-order valence-electron chi connectivity index (χ0n) is 19.0. The molecule has 0 spiro atoms. The standard InChI is InChI=1S/C31H24O2S/c1-18-16-25(34-24-12-10-23(32)11-13-24)17-28(31(18)33)19(2)26-14-8-22-7-6-20-4-3-5-21-9-15-27(26)30(22)29(20)21/h3-17,19,32-33H,1-2H3. The van der Waals surface area contributed by atoms with Crippen molar-refractivity contribution in [3.8, 4) is 11.5 Å². The largest absolute Gasteiger partial charge is 0.508 e. The molecule has 2 nitrogen and oxygen atoms in total. The first kappa shape index (κ1) is 20.9. The Morgan fingerprint density at radius 2 is 1.29 bits per heavy atom. The molecule has 0 saturated heterocycles. The third kappa shape index (κ3) is 3.36. The number of hydrogen-bond acceptors (Lipinski definition) is 3. The maximum absolute atomic E-state index is 11.1. The third-order valence-corrected chi connectivity index (χ3v) is 7.85. The van der Waals surface area contributed by atoms with Crippen LogP contribution in [0.4, 0.5) is 0 Å². The summed E-state index contributed by atoms with van der Waals surface area (Å²) < 4.78 is 0. The van der Waals surface area contributed by atoms with Crippen LogP contribution in [0, 0.1) is 6.92 Å². The molecule has 6 rings (SSSR count). The van der Waals surface area contributed by atoms with Crippen LogP contribution in [0.3, 0.4) is 0 Å². The van der Waals surface area contributed by atoms with E-state index in [1.165, 1.54) is 37.9 Å². The van der Waals surface area contributed by atoms with Crippen molar-refractivity contribution < 1.29 is 10.2 Å². The van der Waals surface area contributed by atoms with E-state index in [1.807, 2.05) is 25.1 Å². The molecule has 0 aliphatic rings. The first-order valence-corrected chi connectivity index (χ1v) is 12.3. The lowest BCUT2D eigenvalue weighted by Gasteiger charge is -2.21. The molecule has 0 radical (unpaired) electrons. The van der Waals surface area contributed by atoms with E-state index in [0.717, 1.165) is 20.9 Å². The predicted octanol–water partition coefficient (Wildman–Crippen LogP) is 8.61. The Hall–Kier alpha value is -3.69. The highest BCUT2D eigenvalue weighted by atomic mass is 32.2. The molecule has 2 N–H and O–H groups in total. The number of rotatable bonds is 4. The molecule has 0 amide bonds. The Bertz CT molecular complexity index is 1650. The van der Waals surface area contributed by atoms with Crippen molar-refractivity contribution in [2.24, 2.45) is 0 Å². The van der Waals surface area contributed by atoms with Crippen LogP contribution in [-0.4, -0.2) is 10.2 Å². The topological polar surface area (TPSA) is 40.5 Å². The van der Waals surface area contributed by atoms with Crippen molar-refractivity contribution in [2.75, 3.05) is 0 Å². The van der Waals surface area contributed by atoms with Gasteiger partial charge in [-0.1, -0.05) is 73.3 Å². The first-order chi connectivity index (χ1) is 16.5. The van der Waals surface area contributed by atoms with Gasteiger partial charge in [-0.3, -0.25) is 0 Å². The smallest absolute Gasteiger partial charge is 0.122 e. The van der Waals surface area contributed by atoms with Crippen LogP contribution in [0.2, 0.25) is 0 Å². The lowest BCUT2D eigenvalue weighted by molar-refractivity contribution is 0.461. The average Bonchev–Trinajstić information content (AvgIpc) is 2.85. The number of phenols is 2. The molecule has 0 aliphatic carbocycles. The van der Waals surface area contributed by atoms with E-state index in [1.54, 1.807) is 23.9 Å². The number of phenolic OH excluding ortho intramolecular Hbond substituents is 2. The maximum atomic E-state index is 11.1. The van der Waals surface area contributed by atoms with Gasteiger partial charge in [0.25, 0.3) is 0 Å². The fourth-order valence-electron chi connectivity index (χ4n) is 5.11. The minimum atomic E-state index is 0.0173. The molecule has 34 heavy (non-hydrogen) atoms. The van der Waals surface area contributed by atoms with E-state index in [0.29, 0.717) is 5.75 Å². The third-order valence-electron chi connectivity index (χ3n) is 6.87. The van der Waals surface area contributed by atoms with E-state index in [9.17, 15) is 10.2 Å². The minimum Gasteiger partial charge on any atom is -0.508 e. The Kier molecular flexibility index (Phi) is 4.89. The van der Waals surface area contributed by atoms with Crippen molar-refractivity contribution in [2.45, 2.75) is 29.6 Å². The van der Waals surface area contributed by atoms with Crippen molar-refractivity contribution in [1.82, 2.24) is 0 Å². The molecule has 0 fully saturated rings. The zero-order valence-corrected chi connectivity index (χ0v) is 19.9. The molecule has 1 unspecified atom stereocenters. The summed E-state index contributed by atoms with van der Waals surface area (Å²) in [6, 6.07) is 31.1. The van der Waals surface area contributed by atoms with Crippen molar-refractivity contribution >= 4 is 44.1 Å². The molecular weight excluding hydrogens is 436 g/mol. The summed E-state index contributed by atoms with van der Waals surface area (Å²) in [7, 11) is 0. The van der Waals surface area contributed by atoms with Gasteiger partial charge in [0, 0.05) is 21.3 Å². The van der Waals surface area contributed by atoms with Crippen LogP contribution in [0.15, 0.2) is 101 Å². The van der Waals surface area contributed by atoms with E-state index in [-0.39, 0.29) is 11.7 Å². The summed E-state index contributed by atoms with van der Waals surface area (Å²) in [5.74, 6) is 0.631. The van der Waals surface area contributed by atoms with Crippen LogP contribution in [0.5, 0.6) is 11.5 Å². The predicted molar refractivity (Wildman–Crippen MR) is 143 cm³/mol. The Balaban J connectivity index is 1.50. The normalized spacial score (nSPS) is 12.6. The van der Waals surface area contributed by atoms with E-state index >= 15 is 0 Å². The molecule has 6 aromatic rings. The monoisotopic (exact) mass is 460 g/mol. The molecule has 3 heteroatoms. The second kappa shape index (κ2) is 7.96. The average molecular weight is 461 g/mol.